The summed E-state index contributed by atoms with van der Waals surface area (Å²) in [5.41, 5.74) is 0. The zero-order valence-electron chi connectivity index (χ0n) is 10.6. The Morgan fingerprint density at radius 1 is 1.31 bits per heavy atom. The molecule has 1 heterocycles. The fraction of sp³-hybridized carbons (Fsp3) is 1.00. The van der Waals surface area contributed by atoms with Crippen molar-refractivity contribution in [3.8, 4) is 0 Å². The highest BCUT2D eigenvalue weighted by molar-refractivity contribution is 4.83. The van der Waals surface area contributed by atoms with E-state index in [0.29, 0.717) is 24.1 Å². The van der Waals surface area contributed by atoms with Crippen molar-refractivity contribution in [3.63, 3.8) is 0 Å². The van der Waals surface area contributed by atoms with E-state index in [1.54, 1.807) is 0 Å². The van der Waals surface area contributed by atoms with Crippen molar-refractivity contribution < 1.29 is 9.47 Å². The lowest BCUT2D eigenvalue weighted by Crippen LogP contribution is -2.44. The molecule has 1 aliphatic heterocycles. The average molecular weight is 227 g/mol. The van der Waals surface area contributed by atoms with Gasteiger partial charge in [0.2, 0.25) is 0 Å². The van der Waals surface area contributed by atoms with E-state index in [9.17, 15) is 0 Å². The predicted octanol–water partition coefficient (Wildman–Crippen LogP) is 1.96. The quantitative estimate of drug-likeness (QED) is 0.796. The van der Waals surface area contributed by atoms with Crippen LogP contribution in [0.2, 0.25) is 0 Å². The molecular weight excluding hydrogens is 202 g/mol. The number of methoxy groups -OCH3 is 1. The van der Waals surface area contributed by atoms with Gasteiger partial charge in [0.05, 0.1) is 12.7 Å². The maximum Gasteiger partial charge on any atom is 0.0586 e. The SMILES string of the molecule is COC1CCCC(NC(C)C2CCOC2)C1. The van der Waals surface area contributed by atoms with Crippen LogP contribution in [0.3, 0.4) is 0 Å². The molecule has 3 nitrogen and oxygen atoms in total. The normalized spacial score (nSPS) is 37.5. The predicted molar refractivity (Wildman–Crippen MR) is 64.6 cm³/mol. The van der Waals surface area contributed by atoms with Crippen LogP contribution in [0, 0.1) is 5.92 Å². The van der Waals surface area contributed by atoms with Gasteiger partial charge in [0.25, 0.3) is 0 Å². The van der Waals surface area contributed by atoms with Crippen molar-refractivity contribution in [2.75, 3.05) is 20.3 Å². The van der Waals surface area contributed by atoms with E-state index < -0.39 is 0 Å². The lowest BCUT2D eigenvalue weighted by molar-refractivity contribution is 0.0555. The molecule has 0 radical (unpaired) electrons. The highest BCUT2D eigenvalue weighted by Gasteiger charge is 2.27. The Morgan fingerprint density at radius 3 is 2.88 bits per heavy atom. The molecule has 4 unspecified atom stereocenters. The Balaban J connectivity index is 1.75. The van der Waals surface area contributed by atoms with Gasteiger partial charge in [-0.05, 0) is 44.9 Å². The van der Waals surface area contributed by atoms with E-state index in [1.807, 2.05) is 7.11 Å². The van der Waals surface area contributed by atoms with Crippen molar-refractivity contribution >= 4 is 0 Å². The molecule has 4 atom stereocenters. The summed E-state index contributed by atoms with van der Waals surface area (Å²) >= 11 is 0. The van der Waals surface area contributed by atoms with E-state index in [1.165, 1.54) is 32.1 Å². The van der Waals surface area contributed by atoms with Crippen molar-refractivity contribution in [1.29, 1.82) is 0 Å². The minimum absolute atomic E-state index is 0.471. The van der Waals surface area contributed by atoms with E-state index in [2.05, 4.69) is 12.2 Å². The van der Waals surface area contributed by atoms with Crippen molar-refractivity contribution in [2.24, 2.45) is 5.92 Å². The number of hydrogen-bond donors (Lipinski definition) is 1. The van der Waals surface area contributed by atoms with Gasteiger partial charge in [-0.3, -0.25) is 0 Å². The first-order chi connectivity index (χ1) is 7.79. The van der Waals surface area contributed by atoms with Gasteiger partial charge >= 0.3 is 0 Å². The van der Waals surface area contributed by atoms with Crippen LogP contribution in [0.1, 0.15) is 39.0 Å². The Labute approximate surface area is 98.9 Å². The van der Waals surface area contributed by atoms with Crippen LogP contribution in [-0.2, 0) is 9.47 Å². The van der Waals surface area contributed by atoms with E-state index in [-0.39, 0.29) is 0 Å². The summed E-state index contributed by atoms with van der Waals surface area (Å²) in [5.74, 6) is 0.711. The Morgan fingerprint density at radius 2 is 2.19 bits per heavy atom. The number of rotatable bonds is 4. The van der Waals surface area contributed by atoms with Gasteiger partial charge in [-0.25, -0.2) is 0 Å². The van der Waals surface area contributed by atoms with Gasteiger partial charge in [-0.1, -0.05) is 0 Å². The highest BCUT2D eigenvalue weighted by Crippen LogP contribution is 2.23. The molecule has 0 amide bonds. The molecule has 0 aromatic carbocycles. The summed E-state index contributed by atoms with van der Waals surface area (Å²) in [6.07, 6.45) is 6.69. The first-order valence-electron chi connectivity index (χ1n) is 6.66. The van der Waals surface area contributed by atoms with Crippen LogP contribution < -0.4 is 5.32 Å². The van der Waals surface area contributed by atoms with Crippen LogP contribution in [0.25, 0.3) is 0 Å². The summed E-state index contributed by atoms with van der Waals surface area (Å²) in [4.78, 5) is 0. The largest absolute Gasteiger partial charge is 0.381 e. The molecule has 2 aliphatic rings. The van der Waals surface area contributed by atoms with E-state index in [0.717, 1.165) is 13.2 Å². The number of hydrogen-bond acceptors (Lipinski definition) is 3. The highest BCUT2D eigenvalue weighted by atomic mass is 16.5. The molecule has 1 saturated heterocycles. The van der Waals surface area contributed by atoms with Crippen LogP contribution >= 0.6 is 0 Å². The van der Waals surface area contributed by atoms with Crippen molar-refractivity contribution in [1.82, 2.24) is 5.32 Å². The third kappa shape index (κ3) is 3.19. The Bertz CT molecular complexity index is 204. The number of ether oxygens (including phenoxy) is 2. The third-order valence-electron chi connectivity index (χ3n) is 4.13. The Kier molecular flexibility index (Phi) is 4.62. The summed E-state index contributed by atoms with van der Waals surface area (Å²) in [7, 11) is 1.83. The van der Waals surface area contributed by atoms with Crippen molar-refractivity contribution in [3.05, 3.63) is 0 Å². The van der Waals surface area contributed by atoms with E-state index in [4.69, 9.17) is 9.47 Å². The van der Waals surface area contributed by atoms with Gasteiger partial charge < -0.3 is 14.8 Å². The third-order valence-corrected chi connectivity index (χ3v) is 4.13. The van der Waals surface area contributed by atoms with Crippen LogP contribution in [0.5, 0.6) is 0 Å². The molecule has 94 valence electrons. The van der Waals surface area contributed by atoms with Crippen LogP contribution in [0.4, 0.5) is 0 Å². The number of nitrogens with one attached hydrogen (secondary N) is 1. The van der Waals surface area contributed by atoms with Gasteiger partial charge in [0.1, 0.15) is 0 Å². The minimum atomic E-state index is 0.471. The lowest BCUT2D eigenvalue weighted by Gasteiger charge is -2.32. The topological polar surface area (TPSA) is 30.5 Å². The first-order valence-corrected chi connectivity index (χ1v) is 6.66. The molecule has 0 aromatic rings. The second-order valence-corrected chi connectivity index (χ2v) is 5.30. The molecule has 16 heavy (non-hydrogen) atoms. The van der Waals surface area contributed by atoms with Gasteiger partial charge in [-0.2, -0.15) is 0 Å². The maximum absolute atomic E-state index is 5.46. The monoisotopic (exact) mass is 227 g/mol. The zero-order chi connectivity index (χ0) is 11.4. The molecule has 1 N–H and O–H groups in total. The maximum atomic E-state index is 5.46. The van der Waals surface area contributed by atoms with Gasteiger partial charge in [0, 0.05) is 25.8 Å². The molecule has 0 spiro atoms. The summed E-state index contributed by atoms with van der Waals surface area (Å²) in [5, 5.41) is 3.77. The lowest BCUT2D eigenvalue weighted by atomic mass is 9.91. The molecular formula is C13H25NO2. The smallest absolute Gasteiger partial charge is 0.0586 e. The molecule has 0 aromatic heterocycles. The van der Waals surface area contributed by atoms with E-state index >= 15 is 0 Å². The summed E-state index contributed by atoms with van der Waals surface area (Å²) in [6, 6.07) is 1.23. The van der Waals surface area contributed by atoms with Gasteiger partial charge in [-0.15, -0.1) is 0 Å². The van der Waals surface area contributed by atoms with Crippen LogP contribution in [-0.4, -0.2) is 38.5 Å². The molecule has 2 rings (SSSR count). The second kappa shape index (κ2) is 5.99. The molecule has 0 bridgehead atoms. The molecule has 1 aliphatic carbocycles. The van der Waals surface area contributed by atoms with Crippen LogP contribution in [0.15, 0.2) is 0 Å². The average Bonchev–Trinajstić information content (AvgIpc) is 2.83. The Hall–Kier alpha value is -0.120. The zero-order valence-corrected chi connectivity index (χ0v) is 10.6. The molecule has 2 fully saturated rings. The molecule has 3 heteroatoms. The van der Waals surface area contributed by atoms with Gasteiger partial charge in [0.15, 0.2) is 0 Å². The standard InChI is InChI=1S/C13H25NO2/c1-10(11-6-7-16-9-11)14-12-4-3-5-13(8-12)15-2/h10-14H,3-9H2,1-2H3. The second-order valence-electron chi connectivity index (χ2n) is 5.30. The minimum Gasteiger partial charge on any atom is -0.381 e. The molecule has 1 saturated carbocycles. The fourth-order valence-corrected chi connectivity index (χ4v) is 2.97. The summed E-state index contributed by atoms with van der Waals surface area (Å²) in [6.45, 7) is 4.19. The summed E-state index contributed by atoms with van der Waals surface area (Å²) < 4.78 is 10.9. The first kappa shape index (κ1) is 12.3. The van der Waals surface area contributed by atoms with Crippen molar-refractivity contribution in [2.45, 2.75) is 57.2 Å². The fourth-order valence-electron chi connectivity index (χ4n) is 2.97.